The number of carbonyl (C=O) groups is 1. The summed E-state index contributed by atoms with van der Waals surface area (Å²) in [4.78, 5) is 14.4. The summed E-state index contributed by atoms with van der Waals surface area (Å²) in [7, 11) is 0. The van der Waals surface area contributed by atoms with Gasteiger partial charge in [-0.1, -0.05) is 19.3 Å². The summed E-state index contributed by atoms with van der Waals surface area (Å²) in [5, 5.41) is 3.19. The molecule has 0 aromatic carbocycles. The molecule has 0 atom stereocenters. The van der Waals surface area contributed by atoms with Gasteiger partial charge in [0, 0.05) is 44.9 Å². The van der Waals surface area contributed by atoms with Crippen molar-refractivity contribution in [1.82, 2.24) is 10.2 Å². The smallest absolute Gasteiger partial charge is 0.221 e. The van der Waals surface area contributed by atoms with Crippen LogP contribution in [0.4, 0.5) is 0 Å². The van der Waals surface area contributed by atoms with Crippen LogP contribution in [0.25, 0.3) is 0 Å². The van der Waals surface area contributed by atoms with Crippen LogP contribution >= 0.6 is 0 Å². The third-order valence-corrected chi connectivity index (χ3v) is 5.06. The minimum atomic E-state index is -0.305. The SMILES string of the molecule is O=C(CCN1CCC2(CC1)OCCO2)NC1CCCCC1. The first-order chi connectivity index (χ1) is 10.3. The Morgan fingerprint density at radius 3 is 2.43 bits per heavy atom. The normalized spacial score (nSPS) is 27.0. The summed E-state index contributed by atoms with van der Waals surface area (Å²) >= 11 is 0. The fourth-order valence-corrected chi connectivity index (χ4v) is 3.71. The molecule has 5 heteroatoms. The standard InChI is InChI=1S/C16H28N2O3/c19-15(17-14-4-2-1-3-5-14)6-9-18-10-7-16(8-11-18)20-12-13-21-16/h14H,1-13H2,(H,17,19). The summed E-state index contributed by atoms with van der Waals surface area (Å²) in [6.45, 7) is 4.25. The van der Waals surface area contributed by atoms with E-state index < -0.39 is 0 Å². The molecule has 2 saturated heterocycles. The Kier molecular flexibility index (Phi) is 5.14. The van der Waals surface area contributed by atoms with Crippen molar-refractivity contribution in [3.63, 3.8) is 0 Å². The van der Waals surface area contributed by atoms with Gasteiger partial charge in [0.2, 0.25) is 5.91 Å². The van der Waals surface area contributed by atoms with Gasteiger partial charge in [0.15, 0.2) is 5.79 Å². The van der Waals surface area contributed by atoms with Crippen LogP contribution in [0.1, 0.15) is 51.4 Å². The molecule has 3 rings (SSSR count). The Balaban J connectivity index is 1.33. The highest BCUT2D eigenvalue weighted by atomic mass is 16.7. The lowest BCUT2D eigenvalue weighted by Gasteiger charge is -2.37. The third kappa shape index (κ3) is 4.18. The molecule has 1 aliphatic carbocycles. The maximum atomic E-state index is 12.0. The van der Waals surface area contributed by atoms with Crippen LogP contribution in [0, 0.1) is 0 Å². The van der Waals surface area contributed by atoms with Crippen LogP contribution in [0.2, 0.25) is 0 Å². The van der Waals surface area contributed by atoms with Gasteiger partial charge in [-0.05, 0) is 12.8 Å². The molecule has 1 saturated carbocycles. The number of rotatable bonds is 4. The van der Waals surface area contributed by atoms with Crippen molar-refractivity contribution in [2.75, 3.05) is 32.8 Å². The zero-order valence-corrected chi connectivity index (χ0v) is 12.9. The van der Waals surface area contributed by atoms with E-state index in [2.05, 4.69) is 10.2 Å². The average Bonchev–Trinajstić information content (AvgIpc) is 2.96. The second kappa shape index (κ2) is 7.07. The second-order valence-corrected chi connectivity index (χ2v) is 6.60. The molecule has 1 spiro atoms. The highest BCUT2D eigenvalue weighted by molar-refractivity contribution is 5.76. The van der Waals surface area contributed by atoms with Gasteiger partial charge in [-0.3, -0.25) is 4.79 Å². The number of hydrogen-bond acceptors (Lipinski definition) is 4. The van der Waals surface area contributed by atoms with E-state index in [1.807, 2.05) is 0 Å². The van der Waals surface area contributed by atoms with Crippen molar-refractivity contribution in [1.29, 1.82) is 0 Å². The number of nitrogens with zero attached hydrogens (tertiary/aromatic N) is 1. The molecule has 1 N–H and O–H groups in total. The molecule has 0 aromatic rings. The summed E-state index contributed by atoms with van der Waals surface area (Å²) in [5.41, 5.74) is 0. The van der Waals surface area contributed by atoms with Gasteiger partial charge in [-0.2, -0.15) is 0 Å². The summed E-state index contributed by atoms with van der Waals surface area (Å²) in [5.74, 6) is -0.0866. The first kappa shape index (κ1) is 15.3. The van der Waals surface area contributed by atoms with E-state index >= 15 is 0 Å². The molecule has 0 unspecified atom stereocenters. The maximum absolute atomic E-state index is 12.0. The number of nitrogens with one attached hydrogen (secondary N) is 1. The van der Waals surface area contributed by atoms with Gasteiger partial charge in [0.1, 0.15) is 0 Å². The zero-order chi connectivity index (χ0) is 14.5. The minimum absolute atomic E-state index is 0.218. The van der Waals surface area contributed by atoms with Crippen LogP contribution in [0.3, 0.4) is 0 Å². The van der Waals surface area contributed by atoms with Gasteiger partial charge < -0.3 is 19.7 Å². The zero-order valence-electron chi connectivity index (χ0n) is 12.9. The maximum Gasteiger partial charge on any atom is 0.221 e. The Morgan fingerprint density at radius 1 is 1.10 bits per heavy atom. The lowest BCUT2D eigenvalue weighted by atomic mass is 9.95. The molecular weight excluding hydrogens is 268 g/mol. The lowest BCUT2D eigenvalue weighted by Crippen LogP contribution is -2.46. The van der Waals surface area contributed by atoms with Crippen molar-refractivity contribution >= 4 is 5.91 Å². The number of carbonyl (C=O) groups excluding carboxylic acids is 1. The highest BCUT2D eigenvalue weighted by Gasteiger charge is 2.39. The topological polar surface area (TPSA) is 50.8 Å². The van der Waals surface area contributed by atoms with Crippen molar-refractivity contribution in [2.45, 2.75) is 63.2 Å². The summed E-state index contributed by atoms with van der Waals surface area (Å²) in [6, 6.07) is 0.427. The fourth-order valence-electron chi connectivity index (χ4n) is 3.71. The molecule has 2 aliphatic heterocycles. The van der Waals surface area contributed by atoms with Crippen LogP contribution < -0.4 is 5.32 Å². The second-order valence-electron chi connectivity index (χ2n) is 6.60. The quantitative estimate of drug-likeness (QED) is 0.857. The average molecular weight is 296 g/mol. The lowest BCUT2D eigenvalue weighted by molar-refractivity contribution is -0.185. The predicted molar refractivity (Wildman–Crippen MR) is 79.9 cm³/mol. The van der Waals surface area contributed by atoms with Gasteiger partial charge in [0.25, 0.3) is 0 Å². The molecule has 0 bridgehead atoms. The first-order valence-electron chi connectivity index (χ1n) is 8.55. The third-order valence-electron chi connectivity index (χ3n) is 5.06. The van der Waals surface area contributed by atoms with E-state index in [1.165, 1.54) is 19.3 Å². The molecule has 1 amide bonds. The van der Waals surface area contributed by atoms with Crippen LogP contribution in [0.15, 0.2) is 0 Å². The first-order valence-corrected chi connectivity index (χ1v) is 8.55. The molecule has 0 aromatic heterocycles. The highest BCUT2D eigenvalue weighted by Crippen LogP contribution is 2.31. The Morgan fingerprint density at radius 2 is 1.76 bits per heavy atom. The monoisotopic (exact) mass is 296 g/mol. The van der Waals surface area contributed by atoms with E-state index in [0.29, 0.717) is 12.5 Å². The van der Waals surface area contributed by atoms with E-state index in [9.17, 15) is 4.79 Å². The fraction of sp³-hybridized carbons (Fsp3) is 0.938. The van der Waals surface area contributed by atoms with Gasteiger partial charge in [0.05, 0.1) is 13.2 Å². The van der Waals surface area contributed by atoms with Gasteiger partial charge >= 0.3 is 0 Å². The molecule has 3 fully saturated rings. The molecule has 2 heterocycles. The Hall–Kier alpha value is -0.650. The molecule has 21 heavy (non-hydrogen) atoms. The number of piperidine rings is 1. The summed E-state index contributed by atoms with van der Waals surface area (Å²) < 4.78 is 11.5. The Bertz CT molecular complexity index is 339. The van der Waals surface area contributed by atoms with E-state index in [0.717, 1.165) is 58.5 Å². The largest absolute Gasteiger partial charge is 0.353 e. The van der Waals surface area contributed by atoms with Crippen LogP contribution in [-0.2, 0) is 14.3 Å². The molecule has 5 nitrogen and oxygen atoms in total. The number of hydrogen-bond donors (Lipinski definition) is 1. The van der Waals surface area contributed by atoms with Crippen molar-refractivity contribution < 1.29 is 14.3 Å². The van der Waals surface area contributed by atoms with Crippen molar-refractivity contribution in [3.8, 4) is 0 Å². The van der Waals surface area contributed by atoms with E-state index in [1.54, 1.807) is 0 Å². The van der Waals surface area contributed by atoms with E-state index in [-0.39, 0.29) is 11.7 Å². The molecule has 120 valence electrons. The van der Waals surface area contributed by atoms with Gasteiger partial charge in [-0.15, -0.1) is 0 Å². The van der Waals surface area contributed by atoms with E-state index in [4.69, 9.17) is 9.47 Å². The molecule has 0 radical (unpaired) electrons. The number of amides is 1. The van der Waals surface area contributed by atoms with Crippen LogP contribution in [-0.4, -0.2) is 55.5 Å². The molecular formula is C16H28N2O3. The summed E-state index contributed by atoms with van der Waals surface area (Å²) in [6.07, 6.45) is 8.64. The number of likely N-dealkylation sites (tertiary alicyclic amines) is 1. The van der Waals surface area contributed by atoms with Crippen molar-refractivity contribution in [2.24, 2.45) is 0 Å². The number of ether oxygens (including phenoxy) is 2. The predicted octanol–water partition coefficient (Wildman–Crippen LogP) is 1.66. The minimum Gasteiger partial charge on any atom is -0.353 e. The van der Waals surface area contributed by atoms with Crippen LogP contribution in [0.5, 0.6) is 0 Å². The van der Waals surface area contributed by atoms with Gasteiger partial charge in [-0.25, -0.2) is 0 Å². The van der Waals surface area contributed by atoms with Crippen molar-refractivity contribution in [3.05, 3.63) is 0 Å². The molecule has 3 aliphatic rings. The Labute approximate surface area is 127 Å².